The molecule has 1 heterocycles. The van der Waals surface area contributed by atoms with Crippen molar-refractivity contribution in [3.05, 3.63) is 59.9 Å². The van der Waals surface area contributed by atoms with Crippen LogP contribution in [0.3, 0.4) is 0 Å². The number of hydrogen-bond donors (Lipinski definition) is 1. The molecule has 3 aromatic rings. The standard InChI is InChI=1S/C16H13F2N5O2/c1-10-6-12(3-4-14(10)23-9-19-21-22-23)20-16(24)8-25-15-5-2-11(17)7-13(15)18/h2-7,9H,8H2,1H3,(H,20,24). The maximum absolute atomic E-state index is 13.4. The Balaban J connectivity index is 1.62. The molecule has 0 saturated carbocycles. The summed E-state index contributed by atoms with van der Waals surface area (Å²) in [5.41, 5.74) is 2.16. The van der Waals surface area contributed by atoms with E-state index in [4.69, 9.17) is 4.74 Å². The molecule has 7 nitrogen and oxygen atoms in total. The lowest BCUT2D eigenvalue weighted by molar-refractivity contribution is -0.118. The third-order valence-electron chi connectivity index (χ3n) is 3.33. The van der Waals surface area contributed by atoms with Crippen molar-refractivity contribution in [2.75, 3.05) is 11.9 Å². The first-order valence-corrected chi connectivity index (χ1v) is 7.24. The van der Waals surface area contributed by atoms with Crippen molar-refractivity contribution in [3.8, 4) is 11.4 Å². The van der Waals surface area contributed by atoms with Gasteiger partial charge in [0.15, 0.2) is 18.2 Å². The van der Waals surface area contributed by atoms with Crippen LogP contribution in [0.15, 0.2) is 42.7 Å². The molecule has 2 aromatic carbocycles. The minimum atomic E-state index is -0.866. The average Bonchev–Trinajstić information content (AvgIpc) is 3.08. The number of nitrogens with zero attached hydrogens (tertiary/aromatic N) is 4. The van der Waals surface area contributed by atoms with Crippen LogP contribution >= 0.6 is 0 Å². The van der Waals surface area contributed by atoms with Crippen molar-refractivity contribution < 1.29 is 18.3 Å². The number of benzene rings is 2. The van der Waals surface area contributed by atoms with E-state index >= 15 is 0 Å². The second-order valence-corrected chi connectivity index (χ2v) is 5.17. The number of amides is 1. The van der Waals surface area contributed by atoms with E-state index < -0.39 is 24.1 Å². The summed E-state index contributed by atoms with van der Waals surface area (Å²) in [5, 5.41) is 13.6. The first kappa shape index (κ1) is 16.5. The molecule has 0 atom stereocenters. The van der Waals surface area contributed by atoms with E-state index in [1.54, 1.807) is 18.2 Å². The fraction of sp³-hybridized carbons (Fsp3) is 0.125. The monoisotopic (exact) mass is 345 g/mol. The number of aromatic nitrogens is 4. The van der Waals surface area contributed by atoms with E-state index in [1.807, 2.05) is 6.92 Å². The average molecular weight is 345 g/mol. The highest BCUT2D eigenvalue weighted by atomic mass is 19.1. The van der Waals surface area contributed by atoms with Gasteiger partial charge in [0.25, 0.3) is 5.91 Å². The number of halogens is 2. The first-order chi connectivity index (χ1) is 12.0. The van der Waals surface area contributed by atoms with Gasteiger partial charge in [0.2, 0.25) is 0 Å². The zero-order valence-electron chi connectivity index (χ0n) is 13.1. The molecule has 25 heavy (non-hydrogen) atoms. The Hall–Kier alpha value is -3.36. The van der Waals surface area contributed by atoms with E-state index in [0.29, 0.717) is 11.8 Å². The molecule has 0 aliphatic carbocycles. The topological polar surface area (TPSA) is 81.9 Å². The summed E-state index contributed by atoms with van der Waals surface area (Å²) in [4.78, 5) is 11.9. The van der Waals surface area contributed by atoms with Gasteiger partial charge in [-0.3, -0.25) is 4.79 Å². The molecule has 1 aromatic heterocycles. The molecule has 0 unspecified atom stereocenters. The predicted octanol–water partition coefficient (Wildman–Crippen LogP) is 2.27. The van der Waals surface area contributed by atoms with Crippen molar-refractivity contribution in [2.24, 2.45) is 0 Å². The van der Waals surface area contributed by atoms with Crippen molar-refractivity contribution >= 4 is 11.6 Å². The Kier molecular flexibility index (Phi) is 4.64. The van der Waals surface area contributed by atoms with Crippen LogP contribution in [-0.2, 0) is 4.79 Å². The Morgan fingerprint density at radius 2 is 2.08 bits per heavy atom. The van der Waals surface area contributed by atoms with Crippen molar-refractivity contribution in [1.82, 2.24) is 20.2 Å². The highest BCUT2D eigenvalue weighted by Gasteiger charge is 2.10. The van der Waals surface area contributed by atoms with E-state index in [-0.39, 0.29) is 5.75 Å². The maximum atomic E-state index is 13.4. The van der Waals surface area contributed by atoms with E-state index in [0.717, 1.165) is 23.4 Å². The second-order valence-electron chi connectivity index (χ2n) is 5.17. The Labute approximate surface area is 141 Å². The molecule has 0 aliphatic rings. The summed E-state index contributed by atoms with van der Waals surface area (Å²) in [6.45, 7) is 1.44. The predicted molar refractivity (Wildman–Crippen MR) is 84.4 cm³/mol. The van der Waals surface area contributed by atoms with Gasteiger partial charge >= 0.3 is 0 Å². The molecular weight excluding hydrogens is 332 g/mol. The van der Waals surface area contributed by atoms with Crippen LogP contribution in [0.25, 0.3) is 5.69 Å². The van der Waals surface area contributed by atoms with Gasteiger partial charge in [-0.1, -0.05) is 0 Å². The van der Waals surface area contributed by atoms with Crippen LogP contribution in [0.2, 0.25) is 0 Å². The Bertz CT molecular complexity index is 900. The summed E-state index contributed by atoms with van der Waals surface area (Å²) in [6.07, 6.45) is 1.46. The molecule has 1 N–H and O–H groups in total. The van der Waals surface area contributed by atoms with Crippen LogP contribution < -0.4 is 10.1 Å². The third-order valence-corrected chi connectivity index (χ3v) is 3.33. The maximum Gasteiger partial charge on any atom is 0.262 e. The van der Waals surface area contributed by atoms with Crippen molar-refractivity contribution in [3.63, 3.8) is 0 Å². The van der Waals surface area contributed by atoms with Gasteiger partial charge in [-0.2, -0.15) is 0 Å². The van der Waals surface area contributed by atoms with Gasteiger partial charge in [-0.25, -0.2) is 13.5 Å². The minimum absolute atomic E-state index is 0.193. The van der Waals surface area contributed by atoms with Gasteiger partial charge in [0, 0.05) is 11.8 Å². The van der Waals surface area contributed by atoms with Crippen LogP contribution in [0.1, 0.15) is 5.56 Å². The van der Waals surface area contributed by atoms with Gasteiger partial charge in [-0.05, 0) is 53.2 Å². The second kappa shape index (κ2) is 7.04. The van der Waals surface area contributed by atoms with E-state index in [9.17, 15) is 13.6 Å². The van der Waals surface area contributed by atoms with Crippen LogP contribution in [0, 0.1) is 18.6 Å². The summed E-state index contributed by atoms with van der Waals surface area (Å²) in [7, 11) is 0. The fourth-order valence-corrected chi connectivity index (χ4v) is 2.19. The number of aryl methyl sites for hydroxylation is 1. The molecular formula is C16H13F2N5O2. The number of nitrogens with one attached hydrogen (secondary N) is 1. The van der Waals surface area contributed by atoms with Gasteiger partial charge in [0.05, 0.1) is 5.69 Å². The highest BCUT2D eigenvalue weighted by molar-refractivity contribution is 5.92. The lowest BCUT2D eigenvalue weighted by Crippen LogP contribution is -2.20. The number of carbonyl (C=O) groups excluding carboxylic acids is 1. The Morgan fingerprint density at radius 1 is 1.24 bits per heavy atom. The lowest BCUT2D eigenvalue weighted by atomic mass is 10.2. The number of carbonyl (C=O) groups is 1. The quantitative estimate of drug-likeness (QED) is 0.767. The van der Waals surface area contributed by atoms with Crippen LogP contribution in [-0.4, -0.2) is 32.7 Å². The van der Waals surface area contributed by atoms with Crippen LogP contribution in [0.4, 0.5) is 14.5 Å². The van der Waals surface area contributed by atoms with E-state index in [1.165, 1.54) is 11.0 Å². The lowest BCUT2D eigenvalue weighted by Gasteiger charge is -2.10. The molecule has 0 saturated heterocycles. The zero-order chi connectivity index (χ0) is 17.8. The van der Waals surface area contributed by atoms with Crippen LogP contribution in [0.5, 0.6) is 5.75 Å². The van der Waals surface area contributed by atoms with Crippen molar-refractivity contribution in [1.29, 1.82) is 0 Å². The minimum Gasteiger partial charge on any atom is -0.481 e. The normalized spacial score (nSPS) is 10.5. The SMILES string of the molecule is Cc1cc(NC(=O)COc2ccc(F)cc2F)ccc1-n1cnnn1. The molecule has 0 aliphatic heterocycles. The third kappa shape index (κ3) is 3.94. The van der Waals surface area contributed by atoms with E-state index in [2.05, 4.69) is 20.8 Å². The molecule has 0 spiro atoms. The molecule has 1 amide bonds. The molecule has 0 radical (unpaired) electrons. The highest BCUT2D eigenvalue weighted by Crippen LogP contribution is 2.19. The summed E-state index contributed by atoms with van der Waals surface area (Å²) in [6, 6.07) is 8.05. The molecule has 0 fully saturated rings. The molecule has 9 heteroatoms. The smallest absolute Gasteiger partial charge is 0.262 e. The number of rotatable bonds is 5. The zero-order valence-corrected chi connectivity index (χ0v) is 13.1. The van der Waals surface area contributed by atoms with Gasteiger partial charge in [0.1, 0.15) is 12.1 Å². The molecule has 128 valence electrons. The molecule has 0 bridgehead atoms. The summed E-state index contributed by atoms with van der Waals surface area (Å²) in [5.74, 6) is -2.25. The number of ether oxygens (including phenoxy) is 1. The van der Waals surface area contributed by atoms with Gasteiger partial charge < -0.3 is 10.1 Å². The Morgan fingerprint density at radius 3 is 2.76 bits per heavy atom. The number of anilines is 1. The number of hydrogen-bond acceptors (Lipinski definition) is 5. The fourth-order valence-electron chi connectivity index (χ4n) is 2.19. The summed E-state index contributed by atoms with van der Waals surface area (Å²) < 4.78 is 32.8. The largest absolute Gasteiger partial charge is 0.481 e. The number of tetrazole rings is 1. The first-order valence-electron chi connectivity index (χ1n) is 7.24. The molecule has 3 rings (SSSR count). The van der Waals surface area contributed by atoms with Gasteiger partial charge in [-0.15, -0.1) is 5.10 Å². The van der Waals surface area contributed by atoms with Crippen molar-refractivity contribution in [2.45, 2.75) is 6.92 Å². The summed E-state index contributed by atoms with van der Waals surface area (Å²) >= 11 is 0.